The number of ether oxygens (including phenoxy) is 2. The predicted octanol–water partition coefficient (Wildman–Crippen LogP) is 23.0. The highest BCUT2D eigenvalue weighted by Crippen LogP contribution is 2.36. The van der Waals surface area contributed by atoms with E-state index in [-0.39, 0.29) is 0 Å². The molecule has 0 atom stereocenters. The first kappa shape index (κ1) is 99.2. The number of nitrogen functional groups attached to an aromatic ring is 2. The van der Waals surface area contributed by atoms with Gasteiger partial charge in [-0.1, -0.05) is 201 Å². The molecule has 0 spiro atoms. The molecule has 0 fully saturated rings. The summed E-state index contributed by atoms with van der Waals surface area (Å²) in [7, 11) is 12.9. The van der Waals surface area contributed by atoms with Gasteiger partial charge in [0.2, 0.25) is 0 Å². The van der Waals surface area contributed by atoms with Crippen molar-refractivity contribution < 1.29 is 9.47 Å². The second-order valence-corrected chi connectivity index (χ2v) is 33.1. The molecule has 0 amide bonds. The molecule has 0 aliphatic carbocycles. The number of nitrogens with zero attached hydrogens (tertiary/aromatic N) is 13. The third-order valence-electron chi connectivity index (χ3n) is 21.9. The molecule has 6 aromatic heterocycles. The number of aromatic amines is 6. The lowest BCUT2D eigenvalue weighted by molar-refractivity contribution is 0.321. The van der Waals surface area contributed by atoms with E-state index in [0.29, 0.717) is 6.42 Å². The van der Waals surface area contributed by atoms with Gasteiger partial charge in [-0.05, 0) is 229 Å². The van der Waals surface area contributed by atoms with Gasteiger partial charge < -0.3 is 50.3 Å². The number of H-pyrrole nitrogens is 6. The number of benzene rings is 8. The molecule has 8 aromatic carbocycles. The molecule has 0 saturated heterocycles. The summed E-state index contributed by atoms with van der Waals surface area (Å²) in [6.45, 7) is 27.5. The highest BCUT2D eigenvalue weighted by molar-refractivity contribution is 5.72. The van der Waals surface area contributed by atoms with Crippen LogP contribution in [0.4, 0.5) is 11.4 Å². The average molecular weight is 1730 g/mol. The number of para-hydroxylation sites is 3. The zero-order valence-electron chi connectivity index (χ0n) is 78.1. The van der Waals surface area contributed by atoms with E-state index in [1.165, 1.54) is 122 Å². The number of rotatable bonds is 41. The Morgan fingerprint density at radius 3 is 0.977 bits per heavy atom. The molecular formula is C105H139N21O2. The summed E-state index contributed by atoms with van der Waals surface area (Å²) in [6.07, 6.45) is 26.6. The molecule has 0 radical (unpaired) electrons. The zero-order chi connectivity index (χ0) is 91.0. The Hall–Kier alpha value is -12.5. The van der Waals surface area contributed by atoms with E-state index in [2.05, 4.69) is 248 Å². The number of nitrogens with one attached hydrogen (secondary N) is 6. The molecule has 0 unspecified atom stereocenters. The van der Waals surface area contributed by atoms with Crippen LogP contribution in [-0.4, -0.2) is 172 Å². The maximum atomic E-state index is 8.72. The molecule has 10 N–H and O–H groups in total. The highest BCUT2D eigenvalue weighted by atomic mass is 16.5. The summed E-state index contributed by atoms with van der Waals surface area (Å²) >= 11 is 0. The third kappa shape index (κ3) is 33.0. The Morgan fingerprint density at radius 2 is 0.609 bits per heavy atom. The van der Waals surface area contributed by atoms with E-state index in [1.807, 2.05) is 183 Å². The van der Waals surface area contributed by atoms with Crippen LogP contribution >= 0.6 is 0 Å². The monoisotopic (exact) mass is 1730 g/mol. The smallest absolute Gasteiger partial charge is 0.136 e. The van der Waals surface area contributed by atoms with E-state index in [9.17, 15) is 0 Å². The fourth-order valence-electron chi connectivity index (χ4n) is 14.6. The van der Waals surface area contributed by atoms with Crippen LogP contribution < -0.4 is 20.9 Å². The Morgan fingerprint density at radius 1 is 0.305 bits per heavy atom. The minimum atomic E-state index is 0.454. The summed E-state index contributed by atoms with van der Waals surface area (Å²) in [5.74, 6) is 3.33. The van der Waals surface area contributed by atoms with Gasteiger partial charge in [0, 0.05) is 112 Å². The lowest BCUT2D eigenvalue weighted by Gasteiger charge is -2.17. The van der Waals surface area contributed by atoms with E-state index >= 15 is 0 Å². The number of hydrogen-bond donors (Lipinski definition) is 8. The van der Waals surface area contributed by atoms with Crippen LogP contribution in [0.5, 0.6) is 23.0 Å². The molecule has 0 saturated carbocycles. The molecule has 0 aliphatic heterocycles. The molecule has 676 valence electrons. The summed E-state index contributed by atoms with van der Waals surface area (Å²) in [5, 5.41) is 52.7. The molecule has 6 heterocycles. The standard InChI is InChI=1S/2C21H25N3O.C17H22N4.C16H23N3.2C15H22N4/c1-3-4-14-24(2)16-17-15-22-23-21(17)19-12-8-9-13-20(19)25-18-10-6-5-7-11-18;1-3-4-14-24(2)16-18-15-22-23-21(18)17-10-12-20(13-11-17)25-19-8-6-5-7-9-19;1-3-4-11-21(2)13-16-12-19-20-17(16)15-7-5-14(6-8-15)9-10-18;1-4-5-10-19(3)12-14-11-17-18-16(14)15-9-7-6-8-13(15)2;1-3-4-9-19(2)11-13-10-17-18-15(13)12-5-7-14(16)8-6-12;1-3-4-8-19(2)11-13-10-17-18-15(13)12-6-5-7-14(16)9-12/h2*5-13,15H,3-4,14,16H2,1-2H3,(H,22,23);5-8,12H,3-4,9,11,13H2,1-2H3,(H,19,20);6-9,11H,4-5,10,12H2,1-3H3,(H,17,18);5-8,10H,3-4,9,11,16H2,1-2H3,(H,17,18);5-7,9-10H,3-4,8,11,16H2,1-2H3,(H,17,18). The van der Waals surface area contributed by atoms with E-state index in [0.717, 1.165) is 180 Å². The topological polar surface area (TPSA) is 286 Å². The van der Waals surface area contributed by atoms with Crippen molar-refractivity contribution in [3.63, 3.8) is 0 Å². The van der Waals surface area contributed by atoms with Gasteiger partial charge in [0.15, 0.2) is 0 Å². The SMILES string of the molecule is CCCCN(C)Cc1cn[nH]c1-c1ccc(CC#N)cc1.CCCCN(C)Cc1cn[nH]c1-c1ccc(N)cc1.CCCCN(C)Cc1cn[nH]c1-c1ccc(Oc2ccccc2)cc1.CCCCN(C)Cc1cn[nH]c1-c1cccc(N)c1.CCCCN(C)Cc1cn[nH]c1-c1ccccc1C.CCCCN(C)Cc1cn[nH]c1-c1ccccc1Oc1ccccc1. The van der Waals surface area contributed by atoms with Gasteiger partial charge in [-0.25, -0.2) is 0 Å². The van der Waals surface area contributed by atoms with Crippen molar-refractivity contribution in [1.29, 1.82) is 5.26 Å². The molecule has 0 aliphatic rings. The molecular weight excluding hydrogens is 1590 g/mol. The van der Waals surface area contributed by atoms with Crippen molar-refractivity contribution in [3.05, 3.63) is 288 Å². The molecule has 128 heavy (non-hydrogen) atoms. The first-order valence-corrected chi connectivity index (χ1v) is 45.6. The van der Waals surface area contributed by atoms with E-state index < -0.39 is 0 Å². The normalized spacial score (nSPS) is 11.0. The van der Waals surface area contributed by atoms with Gasteiger partial charge >= 0.3 is 0 Å². The number of aromatic nitrogens is 12. The zero-order valence-corrected chi connectivity index (χ0v) is 78.1. The number of anilines is 2. The van der Waals surface area contributed by atoms with E-state index in [1.54, 1.807) is 0 Å². The Labute approximate surface area is 761 Å². The van der Waals surface area contributed by atoms with Crippen LogP contribution in [0.3, 0.4) is 0 Å². The molecule has 14 rings (SSSR count). The van der Waals surface area contributed by atoms with Crippen LogP contribution in [0.1, 0.15) is 163 Å². The fraction of sp³-hybridized carbons (Fsp3) is 0.362. The summed E-state index contributed by atoms with van der Waals surface area (Å²) in [5.41, 5.74) is 36.0. The summed E-state index contributed by atoms with van der Waals surface area (Å²) in [6, 6.07) is 70.4. The maximum absolute atomic E-state index is 8.72. The Balaban J connectivity index is 0.000000174. The maximum Gasteiger partial charge on any atom is 0.136 e. The fourth-order valence-corrected chi connectivity index (χ4v) is 14.6. The summed E-state index contributed by atoms with van der Waals surface area (Å²) < 4.78 is 12.0. The minimum Gasteiger partial charge on any atom is -0.457 e. The van der Waals surface area contributed by atoms with Gasteiger partial charge in [-0.2, -0.15) is 35.9 Å². The van der Waals surface area contributed by atoms with Gasteiger partial charge in [0.05, 0.1) is 83.8 Å². The lowest BCUT2D eigenvalue weighted by Crippen LogP contribution is -2.19. The van der Waals surface area contributed by atoms with Crippen molar-refractivity contribution in [2.45, 2.75) is 171 Å². The average Bonchev–Trinajstić information content (AvgIpc) is 1.86. The van der Waals surface area contributed by atoms with Crippen LogP contribution in [0.25, 0.3) is 67.5 Å². The second-order valence-electron chi connectivity index (χ2n) is 33.1. The van der Waals surface area contributed by atoms with Crippen molar-refractivity contribution in [2.75, 3.05) is 93.0 Å². The van der Waals surface area contributed by atoms with Gasteiger partial charge in [-0.3, -0.25) is 30.6 Å². The first-order valence-electron chi connectivity index (χ1n) is 45.6. The van der Waals surface area contributed by atoms with Crippen LogP contribution in [-0.2, 0) is 45.7 Å². The van der Waals surface area contributed by atoms with Crippen molar-refractivity contribution in [3.8, 4) is 96.6 Å². The first-order chi connectivity index (χ1) is 62.4. The van der Waals surface area contributed by atoms with E-state index in [4.69, 9.17) is 26.2 Å². The number of nitrogens with two attached hydrogens (primary N) is 2. The van der Waals surface area contributed by atoms with Crippen LogP contribution in [0.15, 0.2) is 243 Å². The predicted molar refractivity (Wildman–Crippen MR) is 528 cm³/mol. The molecule has 23 heteroatoms. The number of hydrogen-bond acceptors (Lipinski definition) is 17. The van der Waals surface area contributed by atoms with Gasteiger partial charge in [0.25, 0.3) is 0 Å². The lowest BCUT2D eigenvalue weighted by atomic mass is 10.0. The van der Waals surface area contributed by atoms with Crippen LogP contribution in [0, 0.1) is 18.3 Å². The molecule has 14 aromatic rings. The van der Waals surface area contributed by atoms with Crippen molar-refractivity contribution >= 4 is 11.4 Å². The van der Waals surface area contributed by atoms with Gasteiger partial charge in [-0.15, -0.1) is 0 Å². The van der Waals surface area contributed by atoms with Crippen LogP contribution in [0.2, 0.25) is 0 Å². The molecule has 23 nitrogen and oxygen atoms in total. The number of aryl methyl sites for hydroxylation is 1. The highest BCUT2D eigenvalue weighted by Gasteiger charge is 2.19. The Bertz CT molecular complexity index is 5390. The Kier molecular flexibility index (Phi) is 42.8. The third-order valence-corrected chi connectivity index (χ3v) is 21.9. The second kappa shape index (κ2) is 55.2. The molecule has 0 bridgehead atoms. The van der Waals surface area contributed by atoms with Crippen molar-refractivity contribution in [1.82, 2.24) is 90.6 Å². The summed E-state index contributed by atoms with van der Waals surface area (Å²) in [4.78, 5) is 14.0. The minimum absolute atomic E-state index is 0.454. The quantitative estimate of drug-likeness (QED) is 0.0165. The number of unbranched alkanes of at least 4 members (excludes halogenated alkanes) is 6. The van der Waals surface area contributed by atoms with Crippen molar-refractivity contribution in [2.24, 2.45) is 0 Å². The largest absolute Gasteiger partial charge is 0.457 e. The van der Waals surface area contributed by atoms with Gasteiger partial charge in [0.1, 0.15) is 23.0 Å². The number of nitriles is 1.